The van der Waals surface area contributed by atoms with Crippen LogP contribution in [0.15, 0.2) is 55.0 Å². The molecule has 30 heavy (non-hydrogen) atoms. The first-order chi connectivity index (χ1) is 14.4. The number of likely N-dealkylation sites (tertiary alicyclic amines) is 1. The summed E-state index contributed by atoms with van der Waals surface area (Å²) >= 11 is 0. The van der Waals surface area contributed by atoms with Gasteiger partial charge in [0.15, 0.2) is 0 Å². The van der Waals surface area contributed by atoms with Crippen LogP contribution in [0.3, 0.4) is 0 Å². The Morgan fingerprint density at radius 1 is 1.10 bits per heavy atom. The number of pyridine rings is 1. The normalized spacial score (nSPS) is 15.3. The van der Waals surface area contributed by atoms with E-state index < -0.39 is 0 Å². The molecule has 3 aromatic rings. The number of benzene rings is 1. The topological polar surface area (TPSA) is 66.7 Å². The lowest BCUT2D eigenvalue weighted by Gasteiger charge is -2.41. The van der Waals surface area contributed by atoms with Crippen molar-refractivity contribution in [2.45, 2.75) is 33.2 Å². The fraction of sp³-hybridized carbons (Fsp3) is 0.375. The Morgan fingerprint density at radius 3 is 2.53 bits per heavy atom. The molecule has 0 radical (unpaired) electrons. The van der Waals surface area contributed by atoms with Crippen molar-refractivity contribution in [3.05, 3.63) is 71.7 Å². The zero-order valence-corrected chi connectivity index (χ0v) is 17.7. The van der Waals surface area contributed by atoms with E-state index in [1.54, 1.807) is 6.20 Å². The summed E-state index contributed by atoms with van der Waals surface area (Å²) in [6.07, 6.45) is 5.58. The number of hydrogen-bond donors (Lipinski definition) is 1. The highest BCUT2D eigenvalue weighted by molar-refractivity contribution is 5.94. The maximum atomic E-state index is 12.5. The van der Waals surface area contributed by atoms with Crippen molar-refractivity contribution >= 4 is 17.5 Å². The number of hydrogen-bond acceptors (Lipinski definition) is 3. The molecular weight excluding hydrogens is 376 g/mol. The van der Waals surface area contributed by atoms with Crippen LogP contribution in [0.25, 0.3) is 5.65 Å². The quantitative estimate of drug-likeness (QED) is 0.684. The molecule has 1 fully saturated rings. The first-order valence-corrected chi connectivity index (χ1v) is 10.5. The van der Waals surface area contributed by atoms with Crippen LogP contribution < -0.4 is 5.32 Å². The molecule has 0 aliphatic carbocycles. The fourth-order valence-electron chi connectivity index (χ4n) is 3.70. The highest BCUT2D eigenvalue weighted by Crippen LogP contribution is 2.29. The van der Waals surface area contributed by atoms with Crippen LogP contribution in [0, 0.1) is 11.8 Å². The zero-order chi connectivity index (χ0) is 21.3. The summed E-state index contributed by atoms with van der Waals surface area (Å²) in [6.45, 7) is 8.15. The van der Waals surface area contributed by atoms with Gasteiger partial charge in [0.05, 0.1) is 0 Å². The Kier molecular flexibility index (Phi) is 5.57. The number of nitrogens with one attached hydrogen (secondary N) is 1. The number of carbonyl (C=O) groups excluding carboxylic acids is 2. The molecule has 4 rings (SSSR count). The molecule has 1 atom stereocenters. The molecule has 1 saturated heterocycles. The Balaban J connectivity index is 1.30. The molecule has 2 aromatic heterocycles. The van der Waals surface area contributed by atoms with E-state index in [1.165, 1.54) is 5.56 Å². The maximum absolute atomic E-state index is 12.5. The van der Waals surface area contributed by atoms with Crippen LogP contribution in [-0.4, -0.2) is 39.2 Å². The number of amides is 2. The molecule has 0 spiro atoms. The predicted octanol–water partition coefficient (Wildman–Crippen LogP) is 3.48. The third-order valence-electron chi connectivity index (χ3n) is 6.14. The van der Waals surface area contributed by atoms with Gasteiger partial charge >= 0.3 is 0 Å². The van der Waals surface area contributed by atoms with Crippen molar-refractivity contribution in [3.63, 3.8) is 0 Å². The van der Waals surface area contributed by atoms with Crippen molar-refractivity contribution in [1.82, 2.24) is 19.6 Å². The van der Waals surface area contributed by atoms with Gasteiger partial charge in [0.1, 0.15) is 5.65 Å². The van der Waals surface area contributed by atoms with Crippen molar-refractivity contribution in [2.75, 3.05) is 13.1 Å². The molecule has 1 aromatic carbocycles. The summed E-state index contributed by atoms with van der Waals surface area (Å²) in [4.78, 5) is 31.1. The second-order valence-electron chi connectivity index (χ2n) is 8.51. The van der Waals surface area contributed by atoms with Gasteiger partial charge < -0.3 is 14.6 Å². The molecule has 2 amide bonds. The van der Waals surface area contributed by atoms with E-state index in [9.17, 15) is 9.59 Å². The van der Waals surface area contributed by atoms with Gasteiger partial charge in [-0.15, -0.1) is 0 Å². The van der Waals surface area contributed by atoms with Crippen LogP contribution in [0.5, 0.6) is 0 Å². The maximum Gasteiger partial charge on any atom is 0.251 e. The molecule has 0 bridgehead atoms. The molecule has 1 N–H and O–H groups in total. The summed E-state index contributed by atoms with van der Waals surface area (Å²) in [5.41, 5.74) is 3.69. The van der Waals surface area contributed by atoms with Crippen LogP contribution in [0.1, 0.15) is 48.2 Å². The van der Waals surface area contributed by atoms with E-state index in [-0.39, 0.29) is 17.7 Å². The van der Waals surface area contributed by atoms with E-state index >= 15 is 0 Å². The number of nitrogens with zero attached hydrogens (tertiary/aromatic N) is 3. The smallest absolute Gasteiger partial charge is 0.251 e. The Bertz CT molecular complexity index is 1050. The van der Waals surface area contributed by atoms with Crippen molar-refractivity contribution < 1.29 is 9.59 Å². The van der Waals surface area contributed by atoms with Gasteiger partial charge in [-0.25, -0.2) is 4.98 Å². The van der Waals surface area contributed by atoms with E-state index in [0.29, 0.717) is 23.9 Å². The minimum atomic E-state index is -0.0964. The molecule has 1 aliphatic rings. The highest BCUT2D eigenvalue weighted by Gasteiger charge is 2.34. The fourth-order valence-corrected chi connectivity index (χ4v) is 3.70. The van der Waals surface area contributed by atoms with Gasteiger partial charge in [-0.05, 0) is 41.3 Å². The number of aromatic nitrogens is 2. The van der Waals surface area contributed by atoms with Crippen LogP contribution in [-0.2, 0) is 11.3 Å². The predicted molar refractivity (Wildman–Crippen MR) is 116 cm³/mol. The average molecular weight is 405 g/mol. The Morgan fingerprint density at radius 2 is 1.83 bits per heavy atom. The standard InChI is InChI=1S/C24H28N4O2/c1-16(2)17(3)24(30)28-14-21(15-28)19-4-6-20(7-5-19)23(29)26-13-18-8-10-27-11-9-25-22(27)12-18/h4-12,16-17,21H,13-15H2,1-3H3,(H,26,29). The molecule has 3 heterocycles. The number of fused-ring (bicyclic) bond motifs is 1. The Labute approximate surface area is 176 Å². The van der Waals surface area contributed by atoms with Gasteiger partial charge in [-0.1, -0.05) is 32.9 Å². The number of rotatable bonds is 6. The van der Waals surface area contributed by atoms with Crippen LogP contribution >= 0.6 is 0 Å². The SMILES string of the molecule is CC(C)C(C)C(=O)N1CC(c2ccc(C(=O)NCc3ccn4ccnc4c3)cc2)C1. The lowest BCUT2D eigenvalue weighted by Crippen LogP contribution is -2.51. The van der Waals surface area contributed by atoms with Gasteiger partial charge in [0.25, 0.3) is 5.91 Å². The molecule has 6 heteroatoms. The number of imidazole rings is 1. The average Bonchev–Trinajstić information content (AvgIpc) is 3.18. The monoisotopic (exact) mass is 404 g/mol. The zero-order valence-electron chi connectivity index (χ0n) is 17.7. The lowest BCUT2D eigenvalue weighted by molar-refractivity contribution is -0.140. The van der Waals surface area contributed by atoms with Crippen molar-refractivity contribution in [1.29, 1.82) is 0 Å². The minimum Gasteiger partial charge on any atom is -0.348 e. The third-order valence-corrected chi connectivity index (χ3v) is 6.14. The summed E-state index contributed by atoms with van der Waals surface area (Å²) in [7, 11) is 0. The minimum absolute atomic E-state index is 0.0613. The molecule has 6 nitrogen and oxygen atoms in total. The molecule has 156 valence electrons. The highest BCUT2D eigenvalue weighted by atomic mass is 16.2. The van der Waals surface area contributed by atoms with Gasteiger partial charge in [-0.2, -0.15) is 0 Å². The van der Waals surface area contributed by atoms with Crippen LogP contribution in [0.2, 0.25) is 0 Å². The lowest BCUT2D eigenvalue weighted by atomic mass is 9.88. The van der Waals surface area contributed by atoms with E-state index in [0.717, 1.165) is 24.3 Å². The van der Waals surface area contributed by atoms with Crippen LogP contribution in [0.4, 0.5) is 0 Å². The largest absolute Gasteiger partial charge is 0.348 e. The van der Waals surface area contributed by atoms with Crippen molar-refractivity contribution in [3.8, 4) is 0 Å². The molecule has 1 aliphatic heterocycles. The molecular formula is C24H28N4O2. The molecule has 0 saturated carbocycles. The summed E-state index contributed by atoms with van der Waals surface area (Å²) < 4.78 is 1.93. The second kappa shape index (κ2) is 8.30. The van der Waals surface area contributed by atoms with Gasteiger partial charge in [0.2, 0.25) is 5.91 Å². The number of carbonyl (C=O) groups is 2. The van der Waals surface area contributed by atoms with E-state index in [4.69, 9.17) is 0 Å². The van der Waals surface area contributed by atoms with Gasteiger partial charge in [0, 0.05) is 55.6 Å². The first-order valence-electron chi connectivity index (χ1n) is 10.5. The van der Waals surface area contributed by atoms with E-state index in [1.807, 2.05) is 65.0 Å². The van der Waals surface area contributed by atoms with Crippen molar-refractivity contribution in [2.24, 2.45) is 11.8 Å². The second-order valence-corrected chi connectivity index (χ2v) is 8.51. The van der Waals surface area contributed by atoms with E-state index in [2.05, 4.69) is 24.1 Å². The van der Waals surface area contributed by atoms with Gasteiger partial charge in [-0.3, -0.25) is 9.59 Å². The summed E-state index contributed by atoms with van der Waals surface area (Å²) in [5.74, 6) is 0.917. The summed E-state index contributed by atoms with van der Waals surface area (Å²) in [6, 6.07) is 11.7. The molecule has 1 unspecified atom stereocenters. The first kappa shape index (κ1) is 20.1. The Hall–Kier alpha value is -3.15. The summed E-state index contributed by atoms with van der Waals surface area (Å²) in [5, 5.41) is 2.96. The third kappa shape index (κ3) is 4.08.